The van der Waals surface area contributed by atoms with Gasteiger partial charge in [0.05, 0.1) is 22.5 Å². The molecule has 2 aromatic rings. The lowest BCUT2D eigenvalue weighted by Crippen LogP contribution is -2.18. The van der Waals surface area contributed by atoms with Crippen molar-refractivity contribution in [3.63, 3.8) is 0 Å². The van der Waals surface area contributed by atoms with Gasteiger partial charge < -0.3 is 16.2 Å². The molecule has 5 nitrogen and oxygen atoms in total. The second-order valence-electron chi connectivity index (χ2n) is 4.16. The van der Waals surface area contributed by atoms with Crippen LogP contribution in [-0.4, -0.2) is 17.0 Å². The van der Waals surface area contributed by atoms with Crippen LogP contribution in [-0.2, 0) is 0 Å². The van der Waals surface area contributed by atoms with Crippen molar-refractivity contribution >= 4 is 23.3 Å². The molecule has 0 aliphatic heterocycles. The largest absolute Gasteiger partial charge is 0.478 e. The molecular weight excluding hydrogens is 282 g/mol. The molecule has 1 amide bonds. The van der Waals surface area contributed by atoms with Crippen LogP contribution in [0.5, 0.6) is 0 Å². The van der Waals surface area contributed by atoms with Gasteiger partial charge in [0.25, 0.3) is 5.91 Å². The molecule has 0 heterocycles. The molecule has 2 aromatic carbocycles. The molecule has 0 bridgehead atoms. The zero-order valence-corrected chi connectivity index (χ0v) is 10.6. The Bertz CT molecular complexity index is 732. The number of nitrogens with two attached hydrogens (primary N) is 1. The van der Waals surface area contributed by atoms with Gasteiger partial charge in [-0.2, -0.15) is 0 Å². The summed E-state index contributed by atoms with van der Waals surface area (Å²) in [6.07, 6.45) is 0. The number of nitrogen functional groups attached to an aromatic ring is 1. The Kier molecular flexibility index (Phi) is 3.84. The Morgan fingerprint density at radius 3 is 2.19 bits per heavy atom. The number of nitrogens with one attached hydrogen (secondary N) is 1. The first kappa shape index (κ1) is 14.4. The first-order chi connectivity index (χ1) is 9.90. The first-order valence-electron chi connectivity index (χ1n) is 5.78. The molecule has 0 atom stereocenters. The average molecular weight is 292 g/mol. The summed E-state index contributed by atoms with van der Waals surface area (Å²) in [6.45, 7) is 0. The number of carbonyl (C=O) groups is 2. The number of carboxylic acid groups (broad SMARTS) is 1. The van der Waals surface area contributed by atoms with Crippen molar-refractivity contribution in [1.29, 1.82) is 0 Å². The maximum atomic E-state index is 13.2. The topological polar surface area (TPSA) is 92.4 Å². The molecule has 0 fully saturated rings. The van der Waals surface area contributed by atoms with E-state index in [0.717, 1.165) is 0 Å². The van der Waals surface area contributed by atoms with Crippen molar-refractivity contribution in [2.24, 2.45) is 0 Å². The minimum atomic E-state index is -1.54. The molecule has 0 aromatic heterocycles. The molecule has 0 aliphatic carbocycles. The molecule has 21 heavy (non-hydrogen) atoms. The van der Waals surface area contributed by atoms with E-state index in [9.17, 15) is 18.4 Å². The number of benzene rings is 2. The van der Waals surface area contributed by atoms with Gasteiger partial charge in [-0.05, 0) is 24.3 Å². The first-order valence-corrected chi connectivity index (χ1v) is 5.78. The van der Waals surface area contributed by atoms with Crippen molar-refractivity contribution in [2.75, 3.05) is 11.1 Å². The van der Waals surface area contributed by atoms with Gasteiger partial charge in [-0.25, -0.2) is 13.6 Å². The van der Waals surface area contributed by atoms with Gasteiger partial charge in [-0.15, -0.1) is 0 Å². The van der Waals surface area contributed by atoms with Crippen LogP contribution < -0.4 is 11.1 Å². The number of anilines is 2. The lowest BCUT2D eigenvalue weighted by molar-refractivity contribution is 0.0691. The summed E-state index contributed by atoms with van der Waals surface area (Å²) in [5.74, 6) is -5.10. The van der Waals surface area contributed by atoms with Crippen molar-refractivity contribution in [3.05, 3.63) is 59.2 Å². The van der Waals surface area contributed by atoms with E-state index in [1.54, 1.807) is 12.1 Å². The van der Waals surface area contributed by atoms with Crippen LogP contribution in [0.2, 0.25) is 0 Å². The Balaban J connectivity index is 2.42. The Labute approximate surface area is 118 Å². The molecule has 0 saturated carbocycles. The van der Waals surface area contributed by atoms with E-state index >= 15 is 0 Å². The SMILES string of the molecule is Nc1ccccc1NC(=O)c1cc(F)c(F)cc1C(=O)O. The molecule has 0 spiro atoms. The van der Waals surface area contributed by atoms with Crippen LogP contribution >= 0.6 is 0 Å². The standard InChI is InChI=1S/C14H10F2N2O3/c15-9-5-7(8(14(20)21)6-10(9)16)13(19)18-12-4-2-1-3-11(12)17/h1-6H,17H2,(H,18,19)(H,20,21). The fourth-order valence-corrected chi connectivity index (χ4v) is 1.71. The molecule has 108 valence electrons. The Morgan fingerprint density at radius 1 is 1.05 bits per heavy atom. The molecule has 4 N–H and O–H groups in total. The van der Waals surface area contributed by atoms with Crippen LogP contribution in [0, 0.1) is 11.6 Å². The monoisotopic (exact) mass is 292 g/mol. The van der Waals surface area contributed by atoms with Crippen molar-refractivity contribution < 1.29 is 23.5 Å². The van der Waals surface area contributed by atoms with Gasteiger partial charge in [0.15, 0.2) is 11.6 Å². The van der Waals surface area contributed by atoms with Gasteiger partial charge in [-0.1, -0.05) is 12.1 Å². The van der Waals surface area contributed by atoms with E-state index < -0.39 is 34.6 Å². The predicted octanol–water partition coefficient (Wildman–Crippen LogP) is 2.50. The predicted molar refractivity (Wildman–Crippen MR) is 72.1 cm³/mol. The number of hydrogen-bond acceptors (Lipinski definition) is 3. The summed E-state index contributed by atoms with van der Waals surface area (Å²) >= 11 is 0. The third-order valence-electron chi connectivity index (χ3n) is 2.74. The van der Waals surface area contributed by atoms with Crippen molar-refractivity contribution in [1.82, 2.24) is 0 Å². The van der Waals surface area contributed by atoms with E-state index in [1.807, 2.05) is 0 Å². The van der Waals surface area contributed by atoms with E-state index in [4.69, 9.17) is 10.8 Å². The second-order valence-corrected chi connectivity index (χ2v) is 4.16. The normalized spacial score (nSPS) is 10.2. The summed E-state index contributed by atoms with van der Waals surface area (Å²) in [4.78, 5) is 23.1. The van der Waals surface area contributed by atoms with E-state index in [2.05, 4.69) is 5.32 Å². The second kappa shape index (κ2) is 5.58. The van der Waals surface area contributed by atoms with Crippen molar-refractivity contribution in [3.8, 4) is 0 Å². The third kappa shape index (κ3) is 2.97. The van der Waals surface area contributed by atoms with Crippen molar-refractivity contribution in [2.45, 2.75) is 0 Å². The third-order valence-corrected chi connectivity index (χ3v) is 2.74. The molecule has 2 rings (SSSR count). The number of carboxylic acids is 1. The number of hydrogen-bond donors (Lipinski definition) is 3. The zero-order valence-electron chi connectivity index (χ0n) is 10.6. The minimum absolute atomic E-state index is 0.239. The summed E-state index contributed by atoms with van der Waals surface area (Å²) < 4.78 is 26.3. The van der Waals surface area contributed by atoms with Gasteiger partial charge in [0.2, 0.25) is 0 Å². The minimum Gasteiger partial charge on any atom is -0.478 e. The Morgan fingerprint density at radius 2 is 1.62 bits per heavy atom. The van der Waals surface area contributed by atoms with Gasteiger partial charge in [0, 0.05) is 0 Å². The number of rotatable bonds is 3. The number of carbonyl (C=O) groups excluding carboxylic acids is 1. The lowest BCUT2D eigenvalue weighted by atomic mass is 10.1. The fraction of sp³-hybridized carbons (Fsp3) is 0. The maximum Gasteiger partial charge on any atom is 0.336 e. The number of para-hydroxylation sites is 2. The van der Waals surface area contributed by atoms with E-state index in [1.165, 1.54) is 12.1 Å². The number of amides is 1. The van der Waals surface area contributed by atoms with Crippen LogP contribution in [0.25, 0.3) is 0 Å². The molecule has 0 unspecified atom stereocenters. The summed E-state index contributed by atoms with van der Waals surface area (Å²) in [7, 11) is 0. The fourth-order valence-electron chi connectivity index (χ4n) is 1.71. The quantitative estimate of drug-likeness (QED) is 0.758. The molecule has 0 radical (unpaired) electrons. The molecule has 7 heteroatoms. The van der Waals surface area contributed by atoms with Crippen LogP contribution in [0.3, 0.4) is 0 Å². The molecule has 0 saturated heterocycles. The van der Waals surface area contributed by atoms with Crippen LogP contribution in [0.4, 0.5) is 20.2 Å². The number of aromatic carboxylic acids is 1. The maximum absolute atomic E-state index is 13.2. The van der Waals surface area contributed by atoms with Crippen LogP contribution in [0.1, 0.15) is 20.7 Å². The Hall–Kier alpha value is -2.96. The summed E-state index contributed by atoms with van der Waals surface area (Å²) in [5.41, 5.74) is 4.99. The highest BCUT2D eigenvalue weighted by Gasteiger charge is 2.20. The van der Waals surface area contributed by atoms with Gasteiger partial charge in [-0.3, -0.25) is 4.79 Å². The average Bonchev–Trinajstić information content (AvgIpc) is 2.43. The highest BCUT2D eigenvalue weighted by atomic mass is 19.2. The number of halogens is 2. The van der Waals surface area contributed by atoms with Crippen LogP contribution in [0.15, 0.2) is 36.4 Å². The van der Waals surface area contributed by atoms with Gasteiger partial charge in [0.1, 0.15) is 0 Å². The molecule has 0 aliphatic rings. The zero-order chi connectivity index (χ0) is 15.6. The summed E-state index contributed by atoms with van der Waals surface area (Å²) in [6, 6.07) is 7.27. The van der Waals surface area contributed by atoms with Gasteiger partial charge >= 0.3 is 5.97 Å². The van der Waals surface area contributed by atoms with E-state index in [-0.39, 0.29) is 11.4 Å². The smallest absolute Gasteiger partial charge is 0.336 e. The highest BCUT2D eigenvalue weighted by molar-refractivity contribution is 6.11. The highest BCUT2D eigenvalue weighted by Crippen LogP contribution is 2.20. The van der Waals surface area contributed by atoms with E-state index in [0.29, 0.717) is 12.1 Å². The molecular formula is C14H10F2N2O3. The summed E-state index contributed by atoms with van der Waals surface area (Å²) in [5, 5.41) is 11.3. The lowest BCUT2D eigenvalue weighted by Gasteiger charge is -2.10.